The molecule has 3 aliphatic rings. The summed E-state index contributed by atoms with van der Waals surface area (Å²) < 4.78 is 1.19. The molecule has 0 aromatic heterocycles. The molecule has 2 aliphatic heterocycles. The first-order valence-corrected chi connectivity index (χ1v) is 10.2. The highest BCUT2D eigenvalue weighted by Gasteiger charge is 2.40. The first-order valence-electron chi connectivity index (χ1n) is 9.36. The SMILES string of the molecule is C[C@@H]1CCCN1.C[C@H]1CCCN1C[C@@H]1C[C@H]1c1ccc(Br)cc1. The highest BCUT2D eigenvalue weighted by Crippen LogP contribution is 2.48. The lowest BCUT2D eigenvalue weighted by Crippen LogP contribution is -2.29. The fourth-order valence-corrected chi connectivity index (χ4v) is 4.26. The van der Waals surface area contributed by atoms with Crippen LogP contribution in [0, 0.1) is 5.92 Å². The quantitative estimate of drug-likeness (QED) is 0.812. The number of nitrogens with one attached hydrogen (secondary N) is 1. The first kappa shape index (κ1) is 17.4. The minimum absolute atomic E-state index is 0.796. The van der Waals surface area contributed by atoms with E-state index in [1.807, 2.05) is 0 Å². The summed E-state index contributed by atoms with van der Waals surface area (Å²) in [5.74, 6) is 1.74. The fourth-order valence-electron chi connectivity index (χ4n) is 3.99. The molecule has 23 heavy (non-hydrogen) atoms. The lowest BCUT2D eigenvalue weighted by Gasteiger charge is -2.20. The van der Waals surface area contributed by atoms with Crippen LogP contribution in [0.15, 0.2) is 28.7 Å². The largest absolute Gasteiger partial charge is 0.314 e. The van der Waals surface area contributed by atoms with Crippen LogP contribution in [0.5, 0.6) is 0 Å². The molecule has 1 saturated carbocycles. The average Bonchev–Trinajstić information content (AvgIpc) is 2.91. The lowest BCUT2D eigenvalue weighted by molar-refractivity contribution is 0.256. The number of hydrogen-bond acceptors (Lipinski definition) is 2. The van der Waals surface area contributed by atoms with Crippen molar-refractivity contribution < 1.29 is 0 Å². The van der Waals surface area contributed by atoms with Gasteiger partial charge < -0.3 is 10.2 Å². The molecule has 0 unspecified atom stereocenters. The van der Waals surface area contributed by atoms with Crippen molar-refractivity contribution in [3.05, 3.63) is 34.3 Å². The molecule has 4 rings (SSSR count). The van der Waals surface area contributed by atoms with Gasteiger partial charge in [-0.25, -0.2) is 0 Å². The molecule has 1 aromatic rings. The zero-order chi connectivity index (χ0) is 16.2. The highest BCUT2D eigenvalue weighted by atomic mass is 79.9. The molecule has 1 aliphatic carbocycles. The number of benzene rings is 1. The molecule has 1 aromatic carbocycles. The fraction of sp³-hybridized carbons (Fsp3) is 0.700. The van der Waals surface area contributed by atoms with Crippen LogP contribution in [0.4, 0.5) is 0 Å². The van der Waals surface area contributed by atoms with Gasteiger partial charge in [0.15, 0.2) is 0 Å². The first-order chi connectivity index (χ1) is 11.1. The van der Waals surface area contributed by atoms with Gasteiger partial charge >= 0.3 is 0 Å². The van der Waals surface area contributed by atoms with E-state index in [4.69, 9.17) is 0 Å². The van der Waals surface area contributed by atoms with E-state index in [1.54, 1.807) is 0 Å². The normalized spacial score (nSPS) is 33.3. The summed E-state index contributed by atoms with van der Waals surface area (Å²) in [7, 11) is 0. The van der Waals surface area contributed by atoms with Crippen molar-refractivity contribution in [2.75, 3.05) is 19.6 Å². The Kier molecular flexibility index (Phi) is 6.17. The molecular formula is C20H31BrN2. The summed E-state index contributed by atoms with van der Waals surface area (Å²) in [5, 5.41) is 3.32. The third kappa shape index (κ3) is 5.04. The number of hydrogen-bond donors (Lipinski definition) is 1. The van der Waals surface area contributed by atoms with Crippen molar-refractivity contribution in [3.8, 4) is 0 Å². The summed E-state index contributed by atoms with van der Waals surface area (Å²) in [4.78, 5) is 2.68. The van der Waals surface area contributed by atoms with Crippen molar-refractivity contribution >= 4 is 15.9 Å². The monoisotopic (exact) mass is 378 g/mol. The summed E-state index contributed by atoms with van der Waals surface area (Å²) in [6.07, 6.45) is 6.94. The minimum Gasteiger partial charge on any atom is -0.314 e. The van der Waals surface area contributed by atoms with E-state index in [1.165, 1.54) is 61.8 Å². The zero-order valence-electron chi connectivity index (χ0n) is 14.6. The Bertz CT molecular complexity index is 481. The molecule has 3 fully saturated rings. The third-order valence-electron chi connectivity index (χ3n) is 5.69. The highest BCUT2D eigenvalue weighted by molar-refractivity contribution is 9.10. The van der Waals surface area contributed by atoms with Crippen LogP contribution in [0.3, 0.4) is 0 Å². The number of likely N-dealkylation sites (tertiary alicyclic amines) is 1. The zero-order valence-corrected chi connectivity index (χ0v) is 16.2. The summed E-state index contributed by atoms with van der Waals surface area (Å²) in [6, 6.07) is 10.5. The standard InChI is InChI=1S/C15H20BrN.C5H11N/c1-11-3-2-8-17(11)10-13-9-15(13)12-4-6-14(16)7-5-12;1-5-3-2-4-6-5/h4-7,11,13,15H,2-3,8-10H2,1H3;5-6H,2-4H2,1H3/t11-,13-,15-;5-/m01/s1. The van der Waals surface area contributed by atoms with Crippen molar-refractivity contribution in [1.29, 1.82) is 0 Å². The van der Waals surface area contributed by atoms with E-state index in [0.29, 0.717) is 0 Å². The van der Waals surface area contributed by atoms with Crippen LogP contribution in [0.1, 0.15) is 57.4 Å². The molecule has 0 spiro atoms. The summed E-state index contributed by atoms with van der Waals surface area (Å²) in [6.45, 7) is 8.49. The number of rotatable bonds is 3. The molecule has 3 heteroatoms. The Morgan fingerprint density at radius 1 is 1.13 bits per heavy atom. The molecule has 0 radical (unpaired) electrons. The molecule has 0 amide bonds. The van der Waals surface area contributed by atoms with Crippen molar-refractivity contribution in [1.82, 2.24) is 10.2 Å². The van der Waals surface area contributed by atoms with Gasteiger partial charge in [0, 0.05) is 23.1 Å². The lowest BCUT2D eigenvalue weighted by atomic mass is 10.1. The topological polar surface area (TPSA) is 15.3 Å². The maximum atomic E-state index is 3.50. The predicted molar refractivity (Wildman–Crippen MR) is 102 cm³/mol. The van der Waals surface area contributed by atoms with Crippen LogP contribution in [0.25, 0.3) is 0 Å². The van der Waals surface area contributed by atoms with E-state index < -0.39 is 0 Å². The predicted octanol–water partition coefficient (Wildman–Crippen LogP) is 4.80. The van der Waals surface area contributed by atoms with Crippen LogP contribution in [-0.2, 0) is 0 Å². The van der Waals surface area contributed by atoms with Gasteiger partial charge in [-0.05, 0) is 88.6 Å². The Labute approximate surface area is 150 Å². The second-order valence-electron chi connectivity index (χ2n) is 7.64. The van der Waals surface area contributed by atoms with Gasteiger partial charge in [0.05, 0.1) is 0 Å². The van der Waals surface area contributed by atoms with E-state index >= 15 is 0 Å². The van der Waals surface area contributed by atoms with Gasteiger partial charge in [-0.2, -0.15) is 0 Å². The Hall–Kier alpha value is -0.380. The van der Waals surface area contributed by atoms with Gasteiger partial charge in [0.25, 0.3) is 0 Å². The van der Waals surface area contributed by atoms with Gasteiger partial charge in [-0.15, -0.1) is 0 Å². The van der Waals surface area contributed by atoms with Gasteiger partial charge in [-0.3, -0.25) is 0 Å². The molecule has 2 heterocycles. The van der Waals surface area contributed by atoms with Gasteiger partial charge in [0.2, 0.25) is 0 Å². The third-order valence-corrected chi connectivity index (χ3v) is 6.22. The maximum Gasteiger partial charge on any atom is 0.0175 e. The van der Waals surface area contributed by atoms with Gasteiger partial charge in [-0.1, -0.05) is 28.1 Å². The van der Waals surface area contributed by atoms with Gasteiger partial charge in [0.1, 0.15) is 0 Å². The Morgan fingerprint density at radius 3 is 2.43 bits per heavy atom. The molecular weight excluding hydrogens is 348 g/mol. The van der Waals surface area contributed by atoms with E-state index in [9.17, 15) is 0 Å². The second kappa shape index (κ2) is 8.13. The molecule has 0 bridgehead atoms. The molecule has 1 N–H and O–H groups in total. The summed E-state index contributed by atoms with van der Waals surface area (Å²) in [5.41, 5.74) is 1.53. The minimum atomic E-state index is 0.796. The van der Waals surface area contributed by atoms with Crippen LogP contribution in [0.2, 0.25) is 0 Å². The number of halogens is 1. The van der Waals surface area contributed by atoms with Crippen molar-refractivity contribution in [3.63, 3.8) is 0 Å². The smallest absolute Gasteiger partial charge is 0.0175 e. The average molecular weight is 379 g/mol. The number of nitrogens with zero attached hydrogens (tertiary/aromatic N) is 1. The summed E-state index contributed by atoms with van der Waals surface area (Å²) >= 11 is 3.50. The molecule has 2 saturated heterocycles. The van der Waals surface area contributed by atoms with Crippen LogP contribution < -0.4 is 5.32 Å². The molecule has 2 nitrogen and oxygen atoms in total. The van der Waals surface area contributed by atoms with E-state index in [0.717, 1.165) is 23.9 Å². The second-order valence-corrected chi connectivity index (χ2v) is 8.55. The van der Waals surface area contributed by atoms with Crippen LogP contribution >= 0.6 is 15.9 Å². The Balaban J connectivity index is 0.000000220. The molecule has 4 atom stereocenters. The van der Waals surface area contributed by atoms with E-state index in [2.05, 4.69) is 64.3 Å². The molecule has 128 valence electrons. The van der Waals surface area contributed by atoms with E-state index in [-0.39, 0.29) is 0 Å². The Morgan fingerprint density at radius 2 is 1.91 bits per heavy atom. The van der Waals surface area contributed by atoms with Crippen LogP contribution in [-0.4, -0.2) is 36.6 Å². The van der Waals surface area contributed by atoms with Crippen molar-refractivity contribution in [2.45, 2.75) is 64.0 Å². The maximum absolute atomic E-state index is 3.50. The van der Waals surface area contributed by atoms with Crippen molar-refractivity contribution in [2.24, 2.45) is 5.92 Å².